The first-order chi connectivity index (χ1) is 10.8. The molecule has 0 unspecified atom stereocenters. The number of carbonyl (C=O) groups is 1. The highest BCUT2D eigenvalue weighted by atomic mass is 16.1. The molecule has 2 N–H and O–H groups in total. The van der Waals surface area contributed by atoms with Crippen LogP contribution < -0.4 is 5.32 Å². The van der Waals surface area contributed by atoms with Gasteiger partial charge in [-0.15, -0.1) is 0 Å². The number of para-hydroxylation sites is 1. The lowest BCUT2D eigenvalue weighted by Gasteiger charge is -2.05. The van der Waals surface area contributed by atoms with Crippen LogP contribution in [0.1, 0.15) is 10.4 Å². The van der Waals surface area contributed by atoms with Gasteiger partial charge in [0.1, 0.15) is 0 Å². The Morgan fingerprint density at radius 2 is 1.82 bits per heavy atom. The molecule has 0 aliphatic carbocycles. The highest BCUT2D eigenvalue weighted by Gasteiger charge is 2.08. The molecule has 22 heavy (non-hydrogen) atoms. The van der Waals surface area contributed by atoms with Crippen LogP contribution in [0.2, 0.25) is 0 Å². The highest BCUT2D eigenvalue weighted by molar-refractivity contribution is 6.09. The Bertz CT molecular complexity index is 973. The van der Waals surface area contributed by atoms with Gasteiger partial charge in [0.15, 0.2) is 0 Å². The normalized spacial score (nSPS) is 10.9. The molecule has 4 rings (SSSR count). The molecule has 4 nitrogen and oxygen atoms in total. The zero-order valence-electron chi connectivity index (χ0n) is 11.7. The molecule has 0 radical (unpaired) electrons. The molecule has 106 valence electrons. The van der Waals surface area contributed by atoms with Crippen molar-refractivity contribution in [2.24, 2.45) is 0 Å². The number of hydrogen-bond acceptors (Lipinski definition) is 2. The first-order valence-electron chi connectivity index (χ1n) is 7.03. The van der Waals surface area contributed by atoms with E-state index in [4.69, 9.17) is 0 Å². The van der Waals surface area contributed by atoms with Crippen molar-refractivity contribution in [3.63, 3.8) is 0 Å². The summed E-state index contributed by atoms with van der Waals surface area (Å²) in [6.45, 7) is 0. The molecule has 2 aromatic carbocycles. The summed E-state index contributed by atoms with van der Waals surface area (Å²) in [4.78, 5) is 19.5. The van der Waals surface area contributed by atoms with E-state index in [9.17, 15) is 4.79 Å². The molecular weight excluding hydrogens is 274 g/mol. The van der Waals surface area contributed by atoms with Crippen LogP contribution in [0.25, 0.3) is 21.8 Å². The number of nitrogens with zero attached hydrogens (tertiary/aromatic N) is 1. The van der Waals surface area contributed by atoms with Gasteiger partial charge in [0.25, 0.3) is 5.91 Å². The lowest BCUT2D eigenvalue weighted by molar-refractivity contribution is 0.102. The topological polar surface area (TPSA) is 57.8 Å². The Morgan fingerprint density at radius 3 is 2.68 bits per heavy atom. The van der Waals surface area contributed by atoms with E-state index in [2.05, 4.69) is 21.4 Å². The van der Waals surface area contributed by atoms with Gasteiger partial charge in [0.05, 0.1) is 5.56 Å². The maximum absolute atomic E-state index is 12.2. The first kappa shape index (κ1) is 12.6. The Hall–Kier alpha value is -3.14. The number of rotatable bonds is 2. The minimum absolute atomic E-state index is 0.163. The zero-order valence-corrected chi connectivity index (χ0v) is 11.7. The molecule has 0 atom stereocenters. The monoisotopic (exact) mass is 287 g/mol. The molecule has 0 saturated carbocycles. The van der Waals surface area contributed by atoms with Crippen molar-refractivity contribution in [1.82, 2.24) is 9.97 Å². The number of aromatic nitrogens is 2. The molecule has 0 saturated heterocycles. The Kier molecular flexibility index (Phi) is 2.86. The van der Waals surface area contributed by atoms with Crippen LogP contribution in [0.15, 0.2) is 67.0 Å². The van der Waals surface area contributed by atoms with Gasteiger partial charge in [-0.1, -0.05) is 24.3 Å². The minimum Gasteiger partial charge on any atom is -0.354 e. The number of anilines is 1. The van der Waals surface area contributed by atoms with Crippen LogP contribution in [-0.4, -0.2) is 15.9 Å². The summed E-state index contributed by atoms with van der Waals surface area (Å²) < 4.78 is 0. The molecule has 4 heteroatoms. The van der Waals surface area contributed by atoms with Gasteiger partial charge >= 0.3 is 0 Å². The van der Waals surface area contributed by atoms with E-state index in [1.165, 1.54) is 5.39 Å². The number of aromatic amines is 1. The summed E-state index contributed by atoms with van der Waals surface area (Å²) in [5.74, 6) is -0.163. The van der Waals surface area contributed by atoms with Gasteiger partial charge in [-0.2, -0.15) is 0 Å². The standard InChI is InChI=1S/C18H13N3O/c22-18(12-4-3-9-19-11-12)20-13-7-8-15-14-5-1-2-6-16(14)21-17(15)10-13/h1-11,21H,(H,20,22). The number of amides is 1. The van der Waals surface area contributed by atoms with Crippen molar-refractivity contribution in [2.45, 2.75) is 0 Å². The van der Waals surface area contributed by atoms with Gasteiger partial charge in [-0.05, 0) is 30.3 Å². The summed E-state index contributed by atoms with van der Waals surface area (Å²) in [6, 6.07) is 17.5. The van der Waals surface area contributed by atoms with E-state index in [0.29, 0.717) is 5.56 Å². The van der Waals surface area contributed by atoms with E-state index in [0.717, 1.165) is 22.1 Å². The third-order valence-electron chi connectivity index (χ3n) is 3.69. The maximum Gasteiger partial charge on any atom is 0.257 e. The van der Waals surface area contributed by atoms with Crippen molar-refractivity contribution < 1.29 is 4.79 Å². The van der Waals surface area contributed by atoms with Crippen molar-refractivity contribution in [3.05, 3.63) is 72.6 Å². The Labute approximate surface area is 126 Å². The second-order valence-corrected chi connectivity index (χ2v) is 5.13. The number of nitrogens with one attached hydrogen (secondary N) is 2. The first-order valence-corrected chi connectivity index (χ1v) is 7.03. The summed E-state index contributed by atoms with van der Waals surface area (Å²) in [5.41, 5.74) is 3.39. The lowest BCUT2D eigenvalue weighted by atomic mass is 10.1. The van der Waals surface area contributed by atoms with E-state index in [1.807, 2.05) is 36.4 Å². The van der Waals surface area contributed by atoms with Crippen LogP contribution in [0.4, 0.5) is 5.69 Å². The van der Waals surface area contributed by atoms with Crippen molar-refractivity contribution in [1.29, 1.82) is 0 Å². The largest absolute Gasteiger partial charge is 0.354 e. The van der Waals surface area contributed by atoms with Gasteiger partial charge in [-0.25, -0.2) is 0 Å². The molecule has 0 spiro atoms. The average molecular weight is 287 g/mol. The molecule has 0 aliphatic heterocycles. The molecule has 1 amide bonds. The molecule has 0 aliphatic rings. The van der Waals surface area contributed by atoms with Crippen LogP contribution in [0, 0.1) is 0 Å². The van der Waals surface area contributed by atoms with Gasteiger partial charge in [0, 0.05) is 39.9 Å². The second kappa shape index (κ2) is 5.00. The quantitative estimate of drug-likeness (QED) is 0.586. The third kappa shape index (κ3) is 2.11. The van der Waals surface area contributed by atoms with Gasteiger partial charge in [0.2, 0.25) is 0 Å². The number of benzene rings is 2. The maximum atomic E-state index is 12.2. The number of fused-ring (bicyclic) bond motifs is 3. The second-order valence-electron chi connectivity index (χ2n) is 5.13. The predicted molar refractivity (Wildman–Crippen MR) is 88.0 cm³/mol. The van der Waals surface area contributed by atoms with Crippen molar-refractivity contribution in [2.75, 3.05) is 5.32 Å². The average Bonchev–Trinajstić information content (AvgIpc) is 2.93. The zero-order chi connectivity index (χ0) is 14.9. The molecule has 4 aromatic rings. The summed E-state index contributed by atoms with van der Waals surface area (Å²) in [5, 5.41) is 5.23. The van der Waals surface area contributed by atoms with Crippen LogP contribution >= 0.6 is 0 Å². The third-order valence-corrected chi connectivity index (χ3v) is 3.69. The minimum atomic E-state index is -0.163. The summed E-state index contributed by atoms with van der Waals surface area (Å²) in [6.07, 6.45) is 3.20. The highest BCUT2D eigenvalue weighted by Crippen LogP contribution is 2.27. The Morgan fingerprint density at radius 1 is 0.955 bits per heavy atom. The number of H-pyrrole nitrogens is 1. The van der Waals surface area contributed by atoms with E-state index in [1.54, 1.807) is 24.5 Å². The fourth-order valence-electron chi connectivity index (χ4n) is 2.63. The van der Waals surface area contributed by atoms with Crippen LogP contribution in [-0.2, 0) is 0 Å². The van der Waals surface area contributed by atoms with E-state index >= 15 is 0 Å². The van der Waals surface area contributed by atoms with E-state index < -0.39 is 0 Å². The predicted octanol–water partition coefficient (Wildman–Crippen LogP) is 3.97. The number of pyridine rings is 1. The van der Waals surface area contributed by atoms with Gasteiger partial charge < -0.3 is 10.3 Å². The molecule has 2 heterocycles. The van der Waals surface area contributed by atoms with Crippen molar-refractivity contribution >= 4 is 33.4 Å². The van der Waals surface area contributed by atoms with Crippen LogP contribution in [0.3, 0.4) is 0 Å². The SMILES string of the molecule is O=C(Nc1ccc2c(c1)[nH]c1ccccc12)c1cccnc1. The summed E-state index contributed by atoms with van der Waals surface area (Å²) >= 11 is 0. The fraction of sp³-hybridized carbons (Fsp3) is 0. The number of hydrogen-bond donors (Lipinski definition) is 2. The molecule has 0 bridgehead atoms. The van der Waals surface area contributed by atoms with Crippen molar-refractivity contribution in [3.8, 4) is 0 Å². The Balaban J connectivity index is 1.71. The van der Waals surface area contributed by atoms with Gasteiger partial charge in [-0.3, -0.25) is 9.78 Å². The lowest BCUT2D eigenvalue weighted by Crippen LogP contribution is -2.11. The number of carbonyl (C=O) groups excluding carboxylic acids is 1. The smallest absolute Gasteiger partial charge is 0.257 e. The summed E-state index contributed by atoms with van der Waals surface area (Å²) in [7, 11) is 0. The van der Waals surface area contributed by atoms with Crippen LogP contribution in [0.5, 0.6) is 0 Å². The van der Waals surface area contributed by atoms with E-state index in [-0.39, 0.29) is 5.91 Å². The molecular formula is C18H13N3O. The molecule has 2 aromatic heterocycles. The fourth-order valence-corrected chi connectivity index (χ4v) is 2.63. The molecule has 0 fully saturated rings.